The monoisotopic (exact) mass is 348 g/mol. The summed E-state index contributed by atoms with van der Waals surface area (Å²) in [6, 6.07) is 5.51. The van der Waals surface area contributed by atoms with Gasteiger partial charge in [0.15, 0.2) is 0 Å². The zero-order valence-corrected chi connectivity index (χ0v) is 14.1. The summed E-state index contributed by atoms with van der Waals surface area (Å²) in [4.78, 5) is 18.4. The molecule has 2 aromatic heterocycles. The van der Waals surface area contributed by atoms with Gasteiger partial charge < -0.3 is 15.5 Å². The van der Waals surface area contributed by atoms with Crippen LogP contribution in [0, 0.1) is 0 Å². The predicted molar refractivity (Wildman–Crippen MR) is 93.2 cm³/mol. The first-order valence-electron chi connectivity index (χ1n) is 8.09. The van der Waals surface area contributed by atoms with Crippen molar-refractivity contribution in [2.24, 2.45) is 0 Å². The fourth-order valence-corrected chi connectivity index (χ4v) is 3.03. The molecule has 1 aliphatic heterocycles. The topological polar surface area (TPSA) is 75.1 Å². The van der Waals surface area contributed by atoms with Gasteiger partial charge in [-0.3, -0.25) is 4.68 Å². The Morgan fingerprint density at radius 3 is 3.08 bits per heavy atom. The molecule has 0 unspecified atom stereocenters. The molecule has 1 aliphatic rings. The van der Waals surface area contributed by atoms with Crippen LogP contribution in [0.15, 0.2) is 36.8 Å². The van der Waals surface area contributed by atoms with E-state index in [0.717, 1.165) is 38.3 Å². The van der Waals surface area contributed by atoms with E-state index in [1.54, 1.807) is 12.4 Å². The Balaban J connectivity index is 1.37. The van der Waals surface area contributed by atoms with Crippen LogP contribution in [-0.4, -0.2) is 46.5 Å². The van der Waals surface area contributed by atoms with E-state index in [1.807, 2.05) is 29.1 Å². The van der Waals surface area contributed by atoms with Gasteiger partial charge in [0.1, 0.15) is 5.82 Å². The number of aryl methyl sites for hydroxylation is 1. The molecule has 2 aromatic rings. The lowest BCUT2D eigenvalue weighted by molar-refractivity contribution is 0.237. The van der Waals surface area contributed by atoms with Gasteiger partial charge in [-0.15, -0.1) is 0 Å². The third-order valence-electron chi connectivity index (χ3n) is 3.97. The predicted octanol–water partition coefficient (Wildman–Crippen LogP) is 1.90. The number of halogens is 1. The highest BCUT2D eigenvalue weighted by molar-refractivity contribution is 6.32. The third-order valence-corrected chi connectivity index (χ3v) is 4.27. The fraction of sp³-hybridized carbons (Fsp3) is 0.438. The highest BCUT2D eigenvalue weighted by atomic mass is 35.5. The Hall–Kier alpha value is -2.28. The largest absolute Gasteiger partial charge is 0.353 e. The smallest absolute Gasteiger partial charge is 0.315 e. The maximum absolute atomic E-state index is 12.0. The molecule has 2 N–H and O–H groups in total. The van der Waals surface area contributed by atoms with Gasteiger partial charge in [-0.05, 0) is 31.0 Å². The lowest BCUT2D eigenvalue weighted by atomic mass is 10.3. The van der Waals surface area contributed by atoms with Crippen LogP contribution in [0.4, 0.5) is 10.6 Å². The second-order valence-corrected chi connectivity index (χ2v) is 6.17. The van der Waals surface area contributed by atoms with Crippen molar-refractivity contribution in [1.29, 1.82) is 0 Å². The number of anilines is 1. The quantitative estimate of drug-likeness (QED) is 0.782. The standard InChI is InChI=1S/C16H21ClN6O/c17-14-4-1-6-18-15(14)22-11-5-13(12-22)21-16(24)19-7-2-9-23-10-3-8-20-23/h1,3-4,6,8,10,13H,2,5,7,9,11-12H2,(H2,19,21,24)/t13-/m0/s1. The number of aromatic nitrogens is 3. The number of urea groups is 1. The summed E-state index contributed by atoms with van der Waals surface area (Å²) in [7, 11) is 0. The number of amides is 2. The van der Waals surface area contributed by atoms with Crippen LogP contribution in [0.3, 0.4) is 0 Å². The number of carbonyl (C=O) groups excluding carboxylic acids is 1. The Morgan fingerprint density at radius 1 is 1.38 bits per heavy atom. The molecule has 128 valence electrons. The molecule has 0 aromatic carbocycles. The number of hydrogen-bond acceptors (Lipinski definition) is 4. The van der Waals surface area contributed by atoms with Crippen LogP contribution in [0.2, 0.25) is 5.02 Å². The van der Waals surface area contributed by atoms with Crippen molar-refractivity contribution < 1.29 is 4.79 Å². The van der Waals surface area contributed by atoms with Crippen molar-refractivity contribution in [3.05, 3.63) is 41.8 Å². The average molecular weight is 349 g/mol. The van der Waals surface area contributed by atoms with E-state index in [-0.39, 0.29) is 12.1 Å². The van der Waals surface area contributed by atoms with Gasteiger partial charge in [0.2, 0.25) is 0 Å². The maximum Gasteiger partial charge on any atom is 0.315 e. The first-order valence-corrected chi connectivity index (χ1v) is 8.47. The minimum absolute atomic E-state index is 0.106. The third kappa shape index (κ3) is 4.38. The number of hydrogen-bond donors (Lipinski definition) is 2. The minimum atomic E-state index is -0.130. The molecule has 3 heterocycles. The van der Waals surface area contributed by atoms with E-state index in [1.165, 1.54) is 0 Å². The van der Waals surface area contributed by atoms with Crippen LogP contribution in [0.5, 0.6) is 0 Å². The SMILES string of the molecule is O=C(NCCCn1cccn1)N[C@H]1CCN(c2ncccc2Cl)C1. The normalized spacial score (nSPS) is 17.0. The molecular formula is C16H21ClN6O. The molecule has 7 nitrogen and oxygen atoms in total. The van der Waals surface area contributed by atoms with Crippen molar-refractivity contribution in [2.45, 2.75) is 25.4 Å². The molecule has 1 atom stereocenters. The van der Waals surface area contributed by atoms with Crippen molar-refractivity contribution in [1.82, 2.24) is 25.4 Å². The number of rotatable bonds is 6. The minimum Gasteiger partial charge on any atom is -0.353 e. The molecule has 2 amide bonds. The van der Waals surface area contributed by atoms with Crippen molar-refractivity contribution in [2.75, 3.05) is 24.5 Å². The number of nitrogens with zero attached hydrogens (tertiary/aromatic N) is 4. The van der Waals surface area contributed by atoms with Gasteiger partial charge in [0.25, 0.3) is 0 Å². The summed E-state index contributed by atoms with van der Waals surface area (Å²) in [6.07, 6.45) is 7.12. The molecule has 0 spiro atoms. The van der Waals surface area contributed by atoms with Crippen molar-refractivity contribution in [3.8, 4) is 0 Å². The zero-order chi connectivity index (χ0) is 16.8. The Labute approximate surface area is 146 Å². The van der Waals surface area contributed by atoms with E-state index in [2.05, 4.69) is 25.6 Å². The summed E-state index contributed by atoms with van der Waals surface area (Å²) in [5.41, 5.74) is 0. The summed E-state index contributed by atoms with van der Waals surface area (Å²) >= 11 is 6.17. The summed E-state index contributed by atoms with van der Waals surface area (Å²) in [5.74, 6) is 0.781. The second kappa shape index (κ2) is 8.01. The first-order chi connectivity index (χ1) is 11.7. The molecule has 0 saturated carbocycles. The van der Waals surface area contributed by atoms with Gasteiger partial charge in [-0.25, -0.2) is 9.78 Å². The molecule has 0 radical (unpaired) electrons. The number of pyridine rings is 1. The summed E-state index contributed by atoms with van der Waals surface area (Å²) in [6.45, 7) is 2.97. The highest BCUT2D eigenvalue weighted by Gasteiger charge is 2.25. The molecule has 1 saturated heterocycles. The lowest BCUT2D eigenvalue weighted by Gasteiger charge is -2.19. The van der Waals surface area contributed by atoms with Crippen molar-refractivity contribution >= 4 is 23.4 Å². The van der Waals surface area contributed by atoms with Crippen LogP contribution >= 0.6 is 11.6 Å². The van der Waals surface area contributed by atoms with E-state index in [9.17, 15) is 4.79 Å². The Morgan fingerprint density at radius 2 is 2.29 bits per heavy atom. The molecular weight excluding hydrogens is 328 g/mol. The fourth-order valence-electron chi connectivity index (χ4n) is 2.79. The van der Waals surface area contributed by atoms with Crippen LogP contribution in [-0.2, 0) is 6.54 Å². The van der Waals surface area contributed by atoms with Crippen LogP contribution in [0.1, 0.15) is 12.8 Å². The highest BCUT2D eigenvalue weighted by Crippen LogP contribution is 2.25. The first kappa shape index (κ1) is 16.6. The molecule has 8 heteroatoms. The average Bonchev–Trinajstić information content (AvgIpc) is 3.24. The van der Waals surface area contributed by atoms with Gasteiger partial charge in [-0.1, -0.05) is 11.6 Å². The van der Waals surface area contributed by atoms with Gasteiger partial charge >= 0.3 is 6.03 Å². The maximum atomic E-state index is 12.0. The zero-order valence-electron chi connectivity index (χ0n) is 13.4. The molecule has 3 rings (SSSR count). The van der Waals surface area contributed by atoms with E-state index < -0.39 is 0 Å². The number of carbonyl (C=O) groups is 1. The molecule has 1 fully saturated rings. The lowest BCUT2D eigenvalue weighted by Crippen LogP contribution is -2.43. The van der Waals surface area contributed by atoms with Gasteiger partial charge in [0, 0.05) is 50.8 Å². The molecule has 0 bridgehead atoms. The van der Waals surface area contributed by atoms with Gasteiger partial charge in [-0.2, -0.15) is 5.10 Å². The number of nitrogens with one attached hydrogen (secondary N) is 2. The molecule has 0 aliphatic carbocycles. The Bertz CT molecular complexity index is 662. The van der Waals surface area contributed by atoms with Crippen LogP contribution in [0.25, 0.3) is 0 Å². The van der Waals surface area contributed by atoms with Gasteiger partial charge in [0.05, 0.1) is 5.02 Å². The van der Waals surface area contributed by atoms with E-state index in [0.29, 0.717) is 11.6 Å². The van der Waals surface area contributed by atoms with Crippen molar-refractivity contribution in [3.63, 3.8) is 0 Å². The Kier molecular flexibility index (Phi) is 5.53. The van der Waals surface area contributed by atoms with E-state index >= 15 is 0 Å². The second-order valence-electron chi connectivity index (χ2n) is 5.76. The van der Waals surface area contributed by atoms with E-state index in [4.69, 9.17) is 11.6 Å². The van der Waals surface area contributed by atoms with Crippen LogP contribution < -0.4 is 15.5 Å². The summed E-state index contributed by atoms with van der Waals surface area (Å²) in [5, 5.41) is 10.7. The summed E-state index contributed by atoms with van der Waals surface area (Å²) < 4.78 is 1.85. The molecule has 24 heavy (non-hydrogen) atoms.